The fraction of sp³-hybridized carbons (Fsp3) is 0.278. The third-order valence-corrected chi connectivity index (χ3v) is 3.41. The number of carbonyl (C=O) groups excluding carboxylic acids is 1. The van der Waals surface area contributed by atoms with Gasteiger partial charge in [0.25, 0.3) is 0 Å². The molecule has 0 heterocycles. The monoisotopic (exact) mass is 282 g/mol. The van der Waals surface area contributed by atoms with E-state index in [0.717, 1.165) is 17.8 Å². The molecule has 2 rings (SSSR count). The molecular weight excluding hydrogens is 260 g/mol. The van der Waals surface area contributed by atoms with Gasteiger partial charge in [0.15, 0.2) is 0 Å². The van der Waals surface area contributed by atoms with E-state index in [2.05, 4.69) is 48.7 Å². The first-order valence-corrected chi connectivity index (χ1v) is 7.29. The zero-order chi connectivity index (χ0) is 15.2. The molecule has 0 aliphatic heterocycles. The first-order chi connectivity index (χ1) is 10.1. The number of anilines is 2. The molecule has 21 heavy (non-hydrogen) atoms. The van der Waals surface area contributed by atoms with E-state index < -0.39 is 0 Å². The van der Waals surface area contributed by atoms with Gasteiger partial charge in [-0.05, 0) is 37.1 Å². The summed E-state index contributed by atoms with van der Waals surface area (Å²) < 4.78 is 0. The summed E-state index contributed by atoms with van der Waals surface area (Å²) in [6.07, 6.45) is 0.993. The van der Waals surface area contributed by atoms with Gasteiger partial charge in [0, 0.05) is 18.3 Å². The first kappa shape index (κ1) is 15.1. The van der Waals surface area contributed by atoms with Gasteiger partial charge in [-0.3, -0.25) is 4.79 Å². The number of amides is 1. The summed E-state index contributed by atoms with van der Waals surface area (Å²) in [6, 6.07) is 16.6. The van der Waals surface area contributed by atoms with Gasteiger partial charge in [-0.25, -0.2) is 0 Å². The zero-order valence-electron chi connectivity index (χ0n) is 12.8. The lowest BCUT2D eigenvalue weighted by Crippen LogP contribution is -2.10. The van der Waals surface area contributed by atoms with E-state index in [0.29, 0.717) is 0 Å². The highest BCUT2D eigenvalue weighted by atomic mass is 16.1. The molecule has 1 amide bonds. The van der Waals surface area contributed by atoms with Gasteiger partial charge in [-0.2, -0.15) is 0 Å². The molecule has 1 atom stereocenters. The molecule has 0 aliphatic carbocycles. The van der Waals surface area contributed by atoms with Crippen molar-refractivity contribution in [2.45, 2.75) is 33.2 Å². The minimum Gasteiger partial charge on any atom is -0.378 e. The predicted molar refractivity (Wildman–Crippen MR) is 88.6 cm³/mol. The zero-order valence-corrected chi connectivity index (χ0v) is 12.8. The Balaban J connectivity index is 2.14. The average molecular weight is 282 g/mol. The van der Waals surface area contributed by atoms with Crippen LogP contribution in [-0.4, -0.2) is 5.91 Å². The van der Waals surface area contributed by atoms with Crippen LogP contribution in [0.3, 0.4) is 0 Å². The Kier molecular flexibility index (Phi) is 4.99. The molecule has 0 saturated carbocycles. The number of hydrogen-bond donors (Lipinski definition) is 2. The van der Waals surface area contributed by atoms with Crippen molar-refractivity contribution in [3.63, 3.8) is 0 Å². The minimum atomic E-state index is -0.0577. The van der Waals surface area contributed by atoms with Crippen molar-refractivity contribution in [2.24, 2.45) is 0 Å². The molecule has 0 radical (unpaired) electrons. The summed E-state index contributed by atoms with van der Waals surface area (Å²) in [7, 11) is 0. The molecule has 0 aromatic heterocycles. The van der Waals surface area contributed by atoms with E-state index in [4.69, 9.17) is 0 Å². The van der Waals surface area contributed by atoms with Crippen LogP contribution < -0.4 is 10.6 Å². The Morgan fingerprint density at radius 2 is 1.76 bits per heavy atom. The van der Waals surface area contributed by atoms with Gasteiger partial charge in [-0.15, -0.1) is 0 Å². The maximum Gasteiger partial charge on any atom is 0.221 e. The van der Waals surface area contributed by atoms with Crippen LogP contribution in [0.4, 0.5) is 11.4 Å². The molecule has 3 nitrogen and oxygen atoms in total. The Morgan fingerprint density at radius 3 is 2.38 bits per heavy atom. The molecule has 0 spiro atoms. The minimum absolute atomic E-state index is 0.0577. The van der Waals surface area contributed by atoms with Crippen LogP contribution in [0.1, 0.15) is 37.4 Å². The summed E-state index contributed by atoms with van der Waals surface area (Å²) in [5.74, 6) is -0.0577. The molecule has 1 unspecified atom stereocenters. The van der Waals surface area contributed by atoms with Gasteiger partial charge < -0.3 is 10.6 Å². The molecular formula is C18H22N2O. The lowest BCUT2D eigenvalue weighted by Gasteiger charge is -2.19. The second kappa shape index (κ2) is 6.93. The normalized spacial score (nSPS) is 11.8. The number of hydrogen-bond acceptors (Lipinski definition) is 2. The third-order valence-electron chi connectivity index (χ3n) is 3.41. The van der Waals surface area contributed by atoms with E-state index in [1.807, 2.05) is 24.3 Å². The van der Waals surface area contributed by atoms with Crippen molar-refractivity contribution in [1.82, 2.24) is 0 Å². The largest absolute Gasteiger partial charge is 0.378 e. The summed E-state index contributed by atoms with van der Waals surface area (Å²) in [4.78, 5) is 11.1. The van der Waals surface area contributed by atoms with Crippen molar-refractivity contribution in [2.75, 3.05) is 10.6 Å². The van der Waals surface area contributed by atoms with E-state index >= 15 is 0 Å². The number of aryl methyl sites for hydroxylation is 1. The lowest BCUT2D eigenvalue weighted by molar-refractivity contribution is -0.114. The lowest BCUT2D eigenvalue weighted by atomic mass is 10.0. The van der Waals surface area contributed by atoms with E-state index in [1.165, 1.54) is 18.1 Å². The molecule has 0 bridgehead atoms. The fourth-order valence-corrected chi connectivity index (χ4v) is 2.31. The topological polar surface area (TPSA) is 41.1 Å². The van der Waals surface area contributed by atoms with Crippen molar-refractivity contribution in [1.29, 1.82) is 0 Å². The van der Waals surface area contributed by atoms with Crippen LogP contribution >= 0.6 is 0 Å². The quantitative estimate of drug-likeness (QED) is 0.846. The third kappa shape index (κ3) is 4.35. The molecule has 2 aromatic rings. The Morgan fingerprint density at radius 1 is 1.10 bits per heavy atom. The van der Waals surface area contributed by atoms with E-state index in [1.54, 1.807) is 0 Å². The molecule has 3 heteroatoms. The molecule has 2 aromatic carbocycles. The van der Waals surface area contributed by atoms with Crippen LogP contribution in [0, 0.1) is 6.92 Å². The van der Waals surface area contributed by atoms with Crippen LogP contribution in [0.25, 0.3) is 0 Å². The maximum atomic E-state index is 11.1. The summed E-state index contributed by atoms with van der Waals surface area (Å²) in [6.45, 7) is 5.77. The van der Waals surface area contributed by atoms with Crippen LogP contribution in [0.2, 0.25) is 0 Å². The average Bonchev–Trinajstić information content (AvgIpc) is 2.45. The highest BCUT2D eigenvalue weighted by Crippen LogP contribution is 2.24. The SMILES string of the molecule is CCC(Nc1cccc(NC(C)=O)c1)c1ccc(C)cc1. The van der Waals surface area contributed by atoms with Crippen LogP contribution in [0.5, 0.6) is 0 Å². The van der Waals surface area contributed by atoms with Gasteiger partial charge in [0.2, 0.25) is 5.91 Å². The van der Waals surface area contributed by atoms with Crippen LogP contribution in [-0.2, 0) is 4.79 Å². The Hall–Kier alpha value is -2.29. The summed E-state index contributed by atoms with van der Waals surface area (Å²) in [5.41, 5.74) is 4.36. The highest BCUT2D eigenvalue weighted by Gasteiger charge is 2.09. The van der Waals surface area contributed by atoms with Gasteiger partial charge in [-0.1, -0.05) is 42.8 Å². The van der Waals surface area contributed by atoms with Crippen molar-refractivity contribution >= 4 is 17.3 Å². The summed E-state index contributed by atoms with van der Waals surface area (Å²) >= 11 is 0. The smallest absolute Gasteiger partial charge is 0.221 e. The highest BCUT2D eigenvalue weighted by molar-refractivity contribution is 5.89. The van der Waals surface area contributed by atoms with Crippen molar-refractivity contribution < 1.29 is 4.79 Å². The number of nitrogens with one attached hydrogen (secondary N) is 2. The maximum absolute atomic E-state index is 11.1. The first-order valence-electron chi connectivity index (χ1n) is 7.29. The fourth-order valence-electron chi connectivity index (χ4n) is 2.31. The standard InChI is InChI=1S/C18H22N2O/c1-4-18(15-10-8-13(2)9-11-15)20-17-7-5-6-16(12-17)19-14(3)21/h5-12,18,20H,4H2,1-3H3,(H,19,21). The summed E-state index contributed by atoms with van der Waals surface area (Å²) in [5, 5.41) is 6.33. The van der Waals surface area contributed by atoms with Crippen LogP contribution in [0.15, 0.2) is 48.5 Å². The molecule has 110 valence electrons. The Labute approximate surface area is 126 Å². The molecule has 0 saturated heterocycles. The van der Waals surface area contributed by atoms with Gasteiger partial charge in [0.1, 0.15) is 0 Å². The van der Waals surface area contributed by atoms with E-state index in [9.17, 15) is 4.79 Å². The molecule has 0 aliphatic rings. The van der Waals surface area contributed by atoms with Gasteiger partial charge >= 0.3 is 0 Å². The molecule has 2 N–H and O–H groups in total. The van der Waals surface area contributed by atoms with Crippen molar-refractivity contribution in [3.05, 3.63) is 59.7 Å². The van der Waals surface area contributed by atoms with Crippen molar-refractivity contribution in [3.8, 4) is 0 Å². The second-order valence-electron chi connectivity index (χ2n) is 5.28. The number of carbonyl (C=O) groups is 1. The van der Waals surface area contributed by atoms with Gasteiger partial charge in [0.05, 0.1) is 6.04 Å². The predicted octanol–water partition coefficient (Wildman–Crippen LogP) is 4.52. The molecule has 0 fully saturated rings. The van der Waals surface area contributed by atoms with E-state index in [-0.39, 0.29) is 11.9 Å². The number of benzene rings is 2. The second-order valence-corrected chi connectivity index (χ2v) is 5.28. The number of rotatable bonds is 5. The Bertz CT molecular complexity index is 605.